The molecule has 3 nitrogen and oxygen atoms in total. The summed E-state index contributed by atoms with van der Waals surface area (Å²) in [6.07, 6.45) is 0. The third-order valence-corrected chi connectivity index (χ3v) is 3.01. The van der Waals surface area contributed by atoms with Crippen LogP contribution >= 0.6 is 11.3 Å². The predicted octanol–water partition coefficient (Wildman–Crippen LogP) is 1.99. The maximum atomic E-state index is 10.7. The molecule has 1 aromatic heterocycles. The Hall–Kier alpha value is -1.39. The minimum atomic E-state index is -0.997. The number of nitrogens with two attached hydrogens (primary N) is 1. The Morgan fingerprint density at radius 2 is 2.21 bits per heavy atom. The van der Waals surface area contributed by atoms with E-state index in [1.165, 1.54) is 0 Å². The van der Waals surface area contributed by atoms with Crippen LogP contribution in [0.15, 0.2) is 29.6 Å². The molecule has 1 heterocycles. The van der Waals surface area contributed by atoms with Crippen molar-refractivity contribution in [3.05, 3.63) is 35.2 Å². The molecule has 0 aliphatic rings. The van der Waals surface area contributed by atoms with Gasteiger partial charge in [0, 0.05) is 4.70 Å². The Balaban J connectivity index is 2.61. The second-order valence-corrected chi connectivity index (χ2v) is 3.94. The zero-order chi connectivity index (χ0) is 10.1. The average Bonchev–Trinajstić information content (AvgIpc) is 2.63. The van der Waals surface area contributed by atoms with E-state index >= 15 is 0 Å². The minimum absolute atomic E-state index is 0.677. The van der Waals surface area contributed by atoms with Crippen LogP contribution in [0.1, 0.15) is 11.6 Å². The van der Waals surface area contributed by atoms with E-state index in [1.54, 1.807) is 17.4 Å². The smallest absolute Gasteiger partial charge is 0.325 e. The summed E-state index contributed by atoms with van der Waals surface area (Å²) in [5.74, 6) is -0.997. The molecular formula is C10H9NO2S. The highest BCUT2D eigenvalue weighted by molar-refractivity contribution is 7.17. The van der Waals surface area contributed by atoms with Gasteiger partial charge >= 0.3 is 5.97 Å². The molecule has 0 aliphatic carbocycles. The quantitative estimate of drug-likeness (QED) is 0.791. The normalized spacial score (nSPS) is 12.9. The number of fused-ring (bicyclic) bond motifs is 1. The highest BCUT2D eigenvalue weighted by Crippen LogP contribution is 2.27. The molecule has 0 saturated heterocycles. The maximum absolute atomic E-state index is 10.7. The van der Waals surface area contributed by atoms with Crippen LogP contribution in [0.3, 0.4) is 0 Å². The number of hydrogen-bond acceptors (Lipinski definition) is 3. The second kappa shape index (κ2) is 3.40. The molecule has 1 aromatic carbocycles. The van der Waals surface area contributed by atoms with Crippen LogP contribution < -0.4 is 5.73 Å². The Labute approximate surface area is 84.8 Å². The van der Waals surface area contributed by atoms with Gasteiger partial charge in [-0.3, -0.25) is 4.79 Å². The summed E-state index contributed by atoms with van der Waals surface area (Å²) in [7, 11) is 0. The van der Waals surface area contributed by atoms with Crippen molar-refractivity contribution in [1.82, 2.24) is 0 Å². The molecule has 0 amide bonds. The second-order valence-electron chi connectivity index (χ2n) is 3.00. The number of rotatable bonds is 2. The van der Waals surface area contributed by atoms with Gasteiger partial charge in [0.2, 0.25) is 0 Å². The summed E-state index contributed by atoms with van der Waals surface area (Å²) in [4.78, 5) is 10.7. The molecule has 4 heteroatoms. The number of benzene rings is 1. The molecular weight excluding hydrogens is 198 g/mol. The lowest BCUT2D eigenvalue weighted by atomic mass is 10.0. The number of aliphatic carboxylic acids is 1. The molecule has 1 atom stereocenters. The van der Waals surface area contributed by atoms with Crippen LogP contribution in [0.5, 0.6) is 0 Å². The first-order valence-electron chi connectivity index (χ1n) is 4.14. The van der Waals surface area contributed by atoms with Crippen LogP contribution in [-0.2, 0) is 4.79 Å². The molecule has 0 fully saturated rings. The first-order chi connectivity index (χ1) is 6.70. The van der Waals surface area contributed by atoms with Gasteiger partial charge in [0.25, 0.3) is 0 Å². The molecule has 0 bridgehead atoms. The van der Waals surface area contributed by atoms with Crippen LogP contribution in [0.25, 0.3) is 10.1 Å². The molecule has 0 spiro atoms. The standard InChI is InChI=1S/C10H9NO2S/c11-9(10(12)13)7-2-1-3-8-6(7)4-5-14-8/h1-5,9H,11H2,(H,12,13). The summed E-state index contributed by atoms with van der Waals surface area (Å²) in [6.45, 7) is 0. The van der Waals surface area contributed by atoms with Crippen LogP contribution in [0.4, 0.5) is 0 Å². The molecule has 0 saturated carbocycles. The zero-order valence-corrected chi connectivity index (χ0v) is 8.12. The summed E-state index contributed by atoms with van der Waals surface area (Å²) in [6, 6.07) is 6.51. The van der Waals surface area contributed by atoms with Crippen LogP contribution in [0.2, 0.25) is 0 Å². The van der Waals surface area contributed by atoms with Crippen LogP contribution in [0, 0.1) is 0 Å². The fraction of sp³-hybridized carbons (Fsp3) is 0.100. The summed E-state index contributed by atoms with van der Waals surface area (Å²) in [5.41, 5.74) is 6.25. The highest BCUT2D eigenvalue weighted by Gasteiger charge is 2.16. The van der Waals surface area contributed by atoms with Gasteiger partial charge in [-0.15, -0.1) is 11.3 Å². The fourth-order valence-corrected chi connectivity index (χ4v) is 2.24. The zero-order valence-electron chi connectivity index (χ0n) is 7.31. The predicted molar refractivity (Wildman–Crippen MR) is 56.4 cm³/mol. The van der Waals surface area contributed by atoms with Crippen molar-refractivity contribution in [2.45, 2.75) is 6.04 Å². The van der Waals surface area contributed by atoms with Crippen molar-refractivity contribution in [3.63, 3.8) is 0 Å². The van der Waals surface area contributed by atoms with E-state index in [2.05, 4.69) is 0 Å². The topological polar surface area (TPSA) is 63.3 Å². The number of carboxylic acids is 1. The lowest BCUT2D eigenvalue weighted by Gasteiger charge is -2.07. The van der Waals surface area contributed by atoms with E-state index in [1.807, 2.05) is 23.6 Å². The first-order valence-corrected chi connectivity index (χ1v) is 5.02. The molecule has 2 rings (SSSR count). The molecule has 0 radical (unpaired) electrons. The number of carboxylic acid groups (broad SMARTS) is 1. The van der Waals surface area contributed by atoms with Crippen molar-refractivity contribution in [1.29, 1.82) is 0 Å². The Morgan fingerprint density at radius 3 is 2.93 bits per heavy atom. The molecule has 72 valence electrons. The SMILES string of the molecule is NC(C(=O)O)c1cccc2sccc12. The van der Waals surface area contributed by atoms with Crippen molar-refractivity contribution in [2.75, 3.05) is 0 Å². The Bertz CT molecular complexity index is 478. The van der Waals surface area contributed by atoms with Gasteiger partial charge in [-0.25, -0.2) is 0 Å². The maximum Gasteiger partial charge on any atom is 0.325 e. The van der Waals surface area contributed by atoms with Gasteiger partial charge in [-0.1, -0.05) is 12.1 Å². The van der Waals surface area contributed by atoms with E-state index in [0.717, 1.165) is 10.1 Å². The number of thiophene rings is 1. The third-order valence-electron chi connectivity index (χ3n) is 2.13. The lowest BCUT2D eigenvalue weighted by Crippen LogP contribution is -2.20. The summed E-state index contributed by atoms with van der Waals surface area (Å²) in [5, 5.41) is 11.7. The van der Waals surface area contributed by atoms with E-state index in [-0.39, 0.29) is 0 Å². The average molecular weight is 207 g/mol. The Kier molecular flexibility index (Phi) is 2.23. The van der Waals surface area contributed by atoms with Gasteiger partial charge in [0.05, 0.1) is 0 Å². The van der Waals surface area contributed by atoms with Crippen molar-refractivity contribution >= 4 is 27.4 Å². The molecule has 0 aliphatic heterocycles. The highest BCUT2D eigenvalue weighted by atomic mass is 32.1. The van der Waals surface area contributed by atoms with Gasteiger partial charge in [0.15, 0.2) is 0 Å². The summed E-state index contributed by atoms with van der Waals surface area (Å²) >= 11 is 1.58. The lowest BCUT2D eigenvalue weighted by molar-refractivity contribution is -0.138. The molecule has 1 unspecified atom stereocenters. The van der Waals surface area contributed by atoms with Gasteiger partial charge in [0.1, 0.15) is 6.04 Å². The van der Waals surface area contributed by atoms with E-state index < -0.39 is 12.0 Å². The van der Waals surface area contributed by atoms with Gasteiger partial charge in [-0.2, -0.15) is 0 Å². The van der Waals surface area contributed by atoms with E-state index in [0.29, 0.717) is 5.56 Å². The van der Waals surface area contributed by atoms with Crippen molar-refractivity contribution in [2.24, 2.45) is 5.73 Å². The van der Waals surface area contributed by atoms with E-state index in [9.17, 15) is 4.79 Å². The van der Waals surface area contributed by atoms with Crippen molar-refractivity contribution < 1.29 is 9.90 Å². The van der Waals surface area contributed by atoms with Gasteiger partial charge in [-0.05, 0) is 28.5 Å². The molecule has 2 aromatic rings. The van der Waals surface area contributed by atoms with E-state index in [4.69, 9.17) is 10.8 Å². The summed E-state index contributed by atoms with van der Waals surface area (Å²) < 4.78 is 1.07. The first kappa shape index (κ1) is 9.18. The largest absolute Gasteiger partial charge is 0.480 e. The Morgan fingerprint density at radius 1 is 1.43 bits per heavy atom. The minimum Gasteiger partial charge on any atom is -0.480 e. The van der Waals surface area contributed by atoms with Crippen molar-refractivity contribution in [3.8, 4) is 0 Å². The van der Waals surface area contributed by atoms with Crippen LogP contribution in [-0.4, -0.2) is 11.1 Å². The molecule has 3 N–H and O–H groups in total. The third kappa shape index (κ3) is 1.38. The fourth-order valence-electron chi connectivity index (χ4n) is 1.42. The number of hydrogen-bond donors (Lipinski definition) is 2. The number of carbonyl (C=O) groups is 1. The molecule has 14 heavy (non-hydrogen) atoms. The monoisotopic (exact) mass is 207 g/mol. The van der Waals surface area contributed by atoms with Gasteiger partial charge < -0.3 is 10.8 Å².